The van der Waals surface area contributed by atoms with Crippen LogP contribution in [-0.4, -0.2) is 10.9 Å². The molecule has 0 fully saturated rings. The lowest BCUT2D eigenvalue weighted by Gasteiger charge is -1.95. The van der Waals surface area contributed by atoms with E-state index in [0.29, 0.717) is 18.5 Å². The average molecular weight is 176 g/mol. The molecule has 1 aromatic carbocycles. The summed E-state index contributed by atoms with van der Waals surface area (Å²) in [5, 5.41) is 14.6. The first-order chi connectivity index (χ1) is 6.33. The Morgan fingerprint density at radius 2 is 2.00 bits per heavy atom. The van der Waals surface area contributed by atoms with Crippen LogP contribution in [0.3, 0.4) is 0 Å². The Kier molecular flexibility index (Phi) is 1.81. The molecule has 4 heteroatoms. The lowest BCUT2D eigenvalue weighted by Crippen LogP contribution is -1.94. The van der Waals surface area contributed by atoms with Crippen molar-refractivity contribution in [1.29, 1.82) is 0 Å². The van der Waals surface area contributed by atoms with E-state index in [0.717, 1.165) is 16.8 Å². The summed E-state index contributed by atoms with van der Waals surface area (Å²) in [6.45, 7) is 0. The van der Waals surface area contributed by atoms with Crippen LogP contribution in [0.2, 0.25) is 0 Å². The van der Waals surface area contributed by atoms with Crippen molar-refractivity contribution in [3.05, 3.63) is 34.2 Å². The van der Waals surface area contributed by atoms with Crippen LogP contribution in [0.15, 0.2) is 28.5 Å². The van der Waals surface area contributed by atoms with Gasteiger partial charge in [0.05, 0.1) is 5.71 Å². The second kappa shape index (κ2) is 2.97. The molecule has 1 N–H and O–H groups in total. The molecule has 0 saturated carbocycles. The highest BCUT2D eigenvalue weighted by Gasteiger charge is 2.17. The average Bonchev–Trinajstić information content (AvgIpc) is 2.58. The zero-order valence-corrected chi connectivity index (χ0v) is 6.90. The number of oxime groups is 1. The molecule has 0 heterocycles. The largest absolute Gasteiger partial charge is 0.411 e. The lowest BCUT2D eigenvalue weighted by atomic mass is 10.1. The van der Waals surface area contributed by atoms with Crippen LogP contribution in [0.25, 0.3) is 0 Å². The molecule has 1 aliphatic carbocycles. The normalized spacial score (nSPS) is 17.4. The number of hydrogen-bond donors (Lipinski definition) is 1. The third kappa shape index (κ3) is 1.30. The van der Waals surface area contributed by atoms with E-state index in [-0.39, 0.29) is 0 Å². The van der Waals surface area contributed by atoms with Gasteiger partial charge in [0.1, 0.15) is 5.69 Å². The minimum atomic E-state index is 0.429. The number of fused-ring (bicyclic) bond motifs is 1. The van der Waals surface area contributed by atoms with Gasteiger partial charge in [0.2, 0.25) is 0 Å². The van der Waals surface area contributed by atoms with Gasteiger partial charge in [0, 0.05) is 12.8 Å². The highest BCUT2D eigenvalue weighted by Crippen LogP contribution is 2.24. The highest BCUT2D eigenvalue weighted by atomic mass is 16.4. The molecule has 0 atom stereocenters. The van der Waals surface area contributed by atoms with Crippen molar-refractivity contribution < 1.29 is 5.21 Å². The van der Waals surface area contributed by atoms with Gasteiger partial charge in [-0.15, -0.1) is 4.91 Å². The molecule has 4 nitrogen and oxygen atoms in total. The maximum absolute atomic E-state index is 10.2. The monoisotopic (exact) mass is 176 g/mol. The molecule has 0 spiro atoms. The predicted molar refractivity (Wildman–Crippen MR) is 48.5 cm³/mol. The maximum Gasteiger partial charge on any atom is 0.108 e. The molecule has 0 radical (unpaired) electrons. The van der Waals surface area contributed by atoms with Crippen molar-refractivity contribution in [2.45, 2.75) is 12.8 Å². The summed E-state index contributed by atoms with van der Waals surface area (Å²) in [6, 6.07) is 5.26. The first kappa shape index (κ1) is 7.91. The van der Waals surface area contributed by atoms with Gasteiger partial charge in [0.15, 0.2) is 0 Å². The second-order valence-corrected chi connectivity index (χ2v) is 3.06. The molecule has 1 aliphatic rings. The van der Waals surface area contributed by atoms with Gasteiger partial charge in [-0.1, -0.05) is 11.2 Å². The van der Waals surface area contributed by atoms with Crippen molar-refractivity contribution >= 4 is 11.4 Å². The van der Waals surface area contributed by atoms with Crippen LogP contribution in [0.1, 0.15) is 11.1 Å². The van der Waals surface area contributed by atoms with Gasteiger partial charge in [-0.05, 0) is 28.4 Å². The first-order valence-electron chi connectivity index (χ1n) is 3.98. The molecule has 0 saturated heterocycles. The Morgan fingerprint density at radius 3 is 2.69 bits per heavy atom. The Bertz CT molecular complexity index is 385. The summed E-state index contributed by atoms with van der Waals surface area (Å²) in [4.78, 5) is 10.2. The van der Waals surface area contributed by atoms with Crippen LogP contribution in [0.5, 0.6) is 0 Å². The van der Waals surface area contributed by atoms with E-state index in [1.165, 1.54) is 0 Å². The number of nitroso groups, excluding NO2 is 1. The minimum Gasteiger partial charge on any atom is -0.411 e. The molecule has 2 rings (SSSR count). The number of rotatable bonds is 1. The molecule has 0 aromatic heterocycles. The predicted octanol–water partition coefficient (Wildman–Crippen LogP) is 2.01. The molecule has 0 aliphatic heterocycles. The van der Waals surface area contributed by atoms with Gasteiger partial charge in [0.25, 0.3) is 0 Å². The standard InChI is InChI=1S/C9H8N2O2/c12-10-8-2-1-6-3-9(11-13)5-7(6)4-8/h1-2,4,13H,3,5H2. The minimum absolute atomic E-state index is 0.429. The fraction of sp³-hybridized carbons (Fsp3) is 0.222. The van der Waals surface area contributed by atoms with Crippen LogP contribution >= 0.6 is 0 Å². The summed E-state index contributed by atoms with van der Waals surface area (Å²) in [5.41, 5.74) is 3.31. The maximum atomic E-state index is 10.2. The van der Waals surface area contributed by atoms with Crippen molar-refractivity contribution in [3.63, 3.8) is 0 Å². The lowest BCUT2D eigenvalue weighted by molar-refractivity contribution is 0.317. The third-order valence-corrected chi connectivity index (χ3v) is 2.23. The van der Waals surface area contributed by atoms with E-state index in [2.05, 4.69) is 10.3 Å². The zero-order valence-electron chi connectivity index (χ0n) is 6.90. The van der Waals surface area contributed by atoms with E-state index in [1.807, 2.05) is 6.07 Å². The van der Waals surface area contributed by atoms with Crippen molar-refractivity contribution in [2.75, 3.05) is 0 Å². The summed E-state index contributed by atoms with van der Waals surface area (Å²) in [7, 11) is 0. The van der Waals surface area contributed by atoms with Crippen LogP contribution in [-0.2, 0) is 12.8 Å². The van der Waals surface area contributed by atoms with Crippen molar-refractivity contribution in [3.8, 4) is 0 Å². The summed E-state index contributed by atoms with van der Waals surface area (Å²) < 4.78 is 0. The number of nitrogens with zero attached hydrogens (tertiary/aromatic N) is 2. The zero-order chi connectivity index (χ0) is 9.26. The van der Waals surface area contributed by atoms with E-state index < -0.39 is 0 Å². The third-order valence-electron chi connectivity index (χ3n) is 2.23. The first-order valence-corrected chi connectivity index (χ1v) is 3.98. The van der Waals surface area contributed by atoms with Crippen LogP contribution in [0.4, 0.5) is 5.69 Å². The van der Waals surface area contributed by atoms with Crippen molar-refractivity contribution in [1.82, 2.24) is 0 Å². The number of benzene rings is 1. The molecule has 0 amide bonds. The Balaban J connectivity index is 2.41. The molecular formula is C9H8N2O2. The SMILES string of the molecule is O=Nc1ccc2c(c1)CC(=NO)C2. The molecule has 0 unspecified atom stereocenters. The highest BCUT2D eigenvalue weighted by molar-refractivity contribution is 5.92. The Labute approximate surface area is 74.9 Å². The topological polar surface area (TPSA) is 62.0 Å². The molecule has 0 bridgehead atoms. The van der Waals surface area contributed by atoms with Crippen molar-refractivity contribution in [2.24, 2.45) is 10.3 Å². The summed E-state index contributed by atoms with van der Waals surface area (Å²) in [5.74, 6) is 0. The quantitative estimate of drug-likeness (QED) is 0.404. The fourth-order valence-electron chi connectivity index (χ4n) is 1.58. The van der Waals surface area contributed by atoms with Crippen LogP contribution in [0, 0.1) is 4.91 Å². The van der Waals surface area contributed by atoms with Gasteiger partial charge < -0.3 is 5.21 Å². The molecule has 1 aromatic rings. The molecule has 13 heavy (non-hydrogen) atoms. The van der Waals surface area contributed by atoms with Gasteiger partial charge in [-0.3, -0.25) is 0 Å². The smallest absolute Gasteiger partial charge is 0.108 e. The van der Waals surface area contributed by atoms with E-state index >= 15 is 0 Å². The van der Waals surface area contributed by atoms with Crippen LogP contribution < -0.4 is 0 Å². The summed E-state index contributed by atoms with van der Waals surface area (Å²) in [6.07, 6.45) is 1.29. The Hall–Kier alpha value is -1.71. The van der Waals surface area contributed by atoms with Gasteiger partial charge in [-0.25, -0.2) is 0 Å². The number of hydrogen-bond acceptors (Lipinski definition) is 4. The summed E-state index contributed by atoms with van der Waals surface area (Å²) >= 11 is 0. The van der Waals surface area contributed by atoms with Gasteiger partial charge >= 0.3 is 0 Å². The molecule has 66 valence electrons. The second-order valence-electron chi connectivity index (χ2n) is 3.06. The van der Waals surface area contributed by atoms with E-state index in [4.69, 9.17) is 5.21 Å². The van der Waals surface area contributed by atoms with E-state index in [1.54, 1.807) is 12.1 Å². The van der Waals surface area contributed by atoms with Gasteiger partial charge in [-0.2, -0.15) is 0 Å². The fourth-order valence-corrected chi connectivity index (χ4v) is 1.58. The Morgan fingerprint density at radius 1 is 1.23 bits per heavy atom. The van der Waals surface area contributed by atoms with E-state index in [9.17, 15) is 4.91 Å². The molecular weight excluding hydrogens is 168 g/mol.